The van der Waals surface area contributed by atoms with Crippen LogP contribution in [0.2, 0.25) is 0 Å². The molecule has 1 N–H and O–H groups in total. The molecule has 2 heteroatoms. The van der Waals surface area contributed by atoms with Gasteiger partial charge in [-0.15, -0.1) is 0 Å². The summed E-state index contributed by atoms with van der Waals surface area (Å²) < 4.78 is 0. The minimum absolute atomic E-state index is 0.0675. The molecular formula is C10H16N2. The van der Waals surface area contributed by atoms with Crippen LogP contribution in [0.25, 0.3) is 0 Å². The SMILES string of the molecule is C=C/C=C\C(C)C(=N)N=C(C)C. The minimum Gasteiger partial charge on any atom is -0.286 e. The molecule has 12 heavy (non-hydrogen) atoms. The standard InChI is InChI=1S/C10H16N2/c1-5-6-7-9(4)10(11)12-8(2)3/h5-7,9,11H,1H2,2-4H3/b7-6-,11-10?. The summed E-state index contributed by atoms with van der Waals surface area (Å²) >= 11 is 0. The number of nitrogens with one attached hydrogen (secondary N) is 1. The van der Waals surface area contributed by atoms with Gasteiger partial charge in [-0.05, 0) is 13.8 Å². The maximum atomic E-state index is 7.53. The van der Waals surface area contributed by atoms with Crippen LogP contribution in [0.4, 0.5) is 0 Å². The molecule has 0 aromatic heterocycles. The lowest BCUT2D eigenvalue weighted by molar-refractivity contribution is 0.968. The van der Waals surface area contributed by atoms with Crippen molar-refractivity contribution in [1.82, 2.24) is 0 Å². The monoisotopic (exact) mass is 164 g/mol. The molecule has 1 atom stereocenters. The zero-order chi connectivity index (χ0) is 9.56. The number of allylic oxidation sites excluding steroid dienone is 2. The third kappa shape index (κ3) is 4.61. The van der Waals surface area contributed by atoms with Crippen molar-refractivity contribution in [3.63, 3.8) is 0 Å². The molecule has 2 nitrogen and oxygen atoms in total. The zero-order valence-electron chi connectivity index (χ0n) is 7.96. The first-order valence-electron chi connectivity index (χ1n) is 3.97. The molecule has 0 aromatic rings. The Morgan fingerprint density at radius 3 is 2.50 bits per heavy atom. The normalized spacial score (nSPS) is 12.6. The van der Waals surface area contributed by atoms with Crippen molar-refractivity contribution >= 4 is 11.5 Å². The van der Waals surface area contributed by atoms with Gasteiger partial charge in [-0.3, -0.25) is 5.41 Å². The summed E-state index contributed by atoms with van der Waals surface area (Å²) in [6, 6.07) is 0. The summed E-state index contributed by atoms with van der Waals surface area (Å²) in [4.78, 5) is 4.04. The van der Waals surface area contributed by atoms with Crippen LogP contribution in [0.5, 0.6) is 0 Å². The van der Waals surface area contributed by atoms with E-state index in [1.807, 2.05) is 32.9 Å². The van der Waals surface area contributed by atoms with Crippen LogP contribution >= 0.6 is 0 Å². The lowest BCUT2D eigenvalue weighted by Crippen LogP contribution is -2.05. The van der Waals surface area contributed by atoms with Gasteiger partial charge in [0.1, 0.15) is 5.84 Å². The van der Waals surface area contributed by atoms with Crippen LogP contribution in [0.15, 0.2) is 29.8 Å². The Morgan fingerprint density at radius 1 is 1.50 bits per heavy atom. The summed E-state index contributed by atoms with van der Waals surface area (Å²) in [6.07, 6.45) is 5.44. The van der Waals surface area contributed by atoms with Crippen molar-refractivity contribution in [2.45, 2.75) is 20.8 Å². The second-order valence-corrected chi connectivity index (χ2v) is 2.85. The quantitative estimate of drug-likeness (QED) is 0.378. The predicted molar refractivity (Wildman–Crippen MR) is 55.0 cm³/mol. The molecule has 0 saturated carbocycles. The lowest BCUT2D eigenvalue weighted by atomic mass is 10.1. The van der Waals surface area contributed by atoms with E-state index >= 15 is 0 Å². The van der Waals surface area contributed by atoms with Gasteiger partial charge in [-0.1, -0.05) is 31.7 Å². The van der Waals surface area contributed by atoms with Gasteiger partial charge in [0.05, 0.1) is 0 Å². The van der Waals surface area contributed by atoms with E-state index in [1.165, 1.54) is 0 Å². The van der Waals surface area contributed by atoms with Crippen molar-refractivity contribution in [3.8, 4) is 0 Å². The number of nitrogens with zero attached hydrogens (tertiary/aromatic N) is 1. The molecule has 0 spiro atoms. The Hall–Kier alpha value is -1.18. The summed E-state index contributed by atoms with van der Waals surface area (Å²) in [5.41, 5.74) is 0.916. The highest BCUT2D eigenvalue weighted by atomic mass is 14.8. The fourth-order valence-electron chi connectivity index (χ4n) is 0.679. The number of hydrogen-bond donors (Lipinski definition) is 1. The molecule has 0 amide bonds. The topological polar surface area (TPSA) is 36.2 Å². The smallest absolute Gasteiger partial charge is 0.127 e. The number of aliphatic imine (C=N–C) groups is 1. The Bertz CT molecular complexity index is 220. The highest BCUT2D eigenvalue weighted by Gasteiger charge is 2.01. The molecule has 0 aliphatic carbocycles. The molecule has 0 fully saturated rings. The Labute approximate surface area is 74.2 Å². The molecule has 0 heterocycles. The first-order chi connectivity index (χ1) is 5.57. The number of amidine groups is 1. The molecule has 0 saturated heterocycles. The van der Waals surface area contributed by atoms with Gasteiger partial charge >= 0.3 is 0 Å². The van der Waals surface area contributed by atoms with Gasteiger partial charge in [0.25, 0.3) is 0 Å². The molecule has 0 rings (SSSR count). The van der Waals surface area contributed by atoms with E-state index in [1.54, 1.807) is 6.08 Å². The Morgan fingerprint density at radius 2 is 2.08 bits per heavy atom. The van der Waals surface area contributed by atoms with Gasteiger partial charge in [-0.25, -0.2) is 4.99 Å². The van der Waals surface area contributed by atoms with Crippen molar-refractivity contribution < 1.29 is 0 Å². The molecule has 0 aliphatic heterocycles. The van der Waals surface area contributed by atoms with Crippen molar-refractivity contribution in [1.29, 1.82) is 5.41 Å². The molecule has 0 aliphatic rings. The average molecular weight is 164 g/mol. The molecule has 66 valence electrons. The second kappa shape index (κ2) is 5.47. The maximum Gasteiger partial charge on any atom is 0.127 e. The van der Waals surface area contributed by atoms with Gasteiger partial charge in [-0.2, -0.15) is 0 Å². The van der Waals surface area contributed by atoms with E-state index in [0.717, 1.165) is 5.71 Å². The third-order valence-electron chi connectivity index (χ3n) is 1.31. The molecular weight excluding hydrogens is 148 g/mol. The van der Waals surface area contributed by atoms with Crippen LogP contribution in [0.3, 0.4) is 0 Å². The fourth-order valence-corrected chi connectivity index (χ4v) is 0.679. The van der Waals surface area contributed by atoms with Gasteiger partial charge in [0.15, 0.2) is 0 Å². The van der Waals surface area contributed by atoms with Crippen LogP contribution in [-0.4, -0.2) is 11.5 Å². The van der Waals surface area contributed by atoms with E-state index in [4.69, 9.17) is 5.41 Å². The highest BCUT2D eigenvalue weighted by Crippen LogP contribution is 2.01. The third-order valence-corrected chi connectivity index (χ3v) is 1.31. The molecule has 0 radical (unpaired) electrons. The van der Waals surface area contributed by atoms with E-state index in [0.29, 0.717) is 5.84 Å². The molecule has 1 unspecified atom stereocenters. The van der Waals surface area contributed by atoms with Crippen molar-refractivity contribution in [3.05, 3.63) is 24.8 Å². The average Bonchev–Trinajstić information content (AvgIpc) is 1.98. The number of hydrogen-bond acceptors (Lipinski definition) is 1. The van der Waals surface area contributed by atoms with Crippen molar-refractivity contribution in [2.24, 2.45) is 10.9 Å². The summed E-state index contributed by atoms with van der Waals surface area (Å²) in [5.74, 6) is 0.464. The lowest BCUT2D eigenvalue weighted by Gasteiger charge is -2.02. The van der Waals surface area contributed by atoms with E-state index in [9.17, 15) is 0 Å². The van der Waals surface area contributed by atoms with E-state index in [2.05, 4.69) is 11.6 Å². The predicted octanol–water partition coefficient (Wildman–Crippen LogP) is 2.82. The van der Waals surface area contributed by atoms with E-state index in [-0.39, 0.29) is 5.92 Å². The van der Waals surface area contributed by atoms with E-state index < -0.39 is 0 Å². The second-order valence-electron chi connectivity index (χ2n) is 2.85. The maximum absolute atomic E-state index is 7.53. The Kier molecular flexibility index (Phi) is 4.93. The summed E-state index contributed by atoms with van der Waals surface area (Å²) in [7, 11) is 0. The zero-order valence-corrected chi connectivity index (χ0v) is 7.96. The van der Waals surface area contributed by atoms with Crippen LogP contribution in [-0.2, 0) is 0 Å². The summed E-state index contributed by atoms with van der Waals surface area (Å²) in [6.45, 7) is 9.27. The van der Waals surface area contributed by atoms with Gasteiger partial charge in [0.2, 0.25) is 0 Å². The largest absolute Gasteiger partial charge is 0.286 e. The van der Waals surface area contributed by atoms with Crippen LogP contribution < -0.4 is 0 Å². The van der Waals surface area contributed by atoms with Crippen molar-refractivity contribution in [2.75, 3.05) is 0 Å². The first-order valence-corrected chi connectivity index (χ1v) is 3.97. The highest BCUT2D eigenvalue weighted by molar-refractivity contribution is 5.95. The van der Waals surface area contributed by atoms with Crippen LogP contribution in [0, 0.1) is 11.3 Å². The van der Waals surface area contributed by atoms with Crippen LogP contribution in [0.1, 0.15) is 20.8 Å². The number of rotatable bonds is 3. The van der Waals surface area contributed by atoms with Gasteiger partial charge < -0.3 is 0 Å². The van der Waals surface area contributed by atoms with Gasteiger partial charge in [0, 0.05) is 11.6 Å². The molecule has 0 aromatic carbocycles. The molecule has 0 bridgehead atoms. The first kappa shape index (κ1) is 10.8. The summed E-state index contributed by atoms with van der Waals surface area (Å²) in [5, 5.41) is 7.53. The Balaban J connectivity index is 4.20. The fraction of sp³-hybridized carbons (Fsp3) is 0.400. The minimum atomic E-state index is 0.0675.